The van der Waals surface area contributed by atoms with E-state index in [1.807, 2.05) is 11.3 Å². The zero-order valence-corrected chi connectivity index (χ0v) is 37.8. The van der Waals surface area contributed by atoms with E-state index in [1.165, 1.54) is 121 Å². The molecule has 320 valence electrons. The number of fused-ring (bicyclic) bond motifs is 21. The Labute approximate surface area is 393 Å². The highest BCUT2D eigenvalue weighted by atomic mass is 32.1. The lowest BCUT2D eigenvalue weighted by atomic mass is 9.76. The van der Waals surface area contributed by atoms with Gasteiger partial charge in [0.25, 0.3) is 0 Å². The summed E-state index contributed by atoms with van der Waals surface area (Å²) in [6, 6.07) is 62.4. The Hall–Kier alpha value is -6.85. The molecule has 1 fully saturated rings. The highest BCUT2D eigenvalue weighted by molar-refractivity contribution is 7.25. The van der Waals surface area contributed by atoms with Gasteiger partial charge in [-0.25, -0.2) is 0 Å². The van der Waals surface area contributed by atoms with Crippen LogP contribution in [-0.2, 0) is 12.8 Å². The molecule has 4 heteroatoms. The highest BCUT2D eigenvalue weighted by Gasteiger charge is 2.48. The fourth-order valence-electron chi connectivity index (χ4n) is 13.9. The third-order valence-electron chi connectivity index (χ3n) is 16.9. The van der Waals surface area contributed by atoms with Crippen LogP contribution in [0, 0.1) is 11.8 Å². The molecule has 3 heterocycles. The van der Waals surface area contributed by atoms with Crippen molar-refractivity contribution >= 4 is 70.8 Å². The first-order valence-electron chi connectivity index (χ1n) is 24.5. The van der Waals surface area contributed by atoms with Gasteiger partial charge in [-0.15, -0.1) is 11.3 Å². The minimum atomic E-state index is -0.290. The van der Waals surface area contributed by atoms with Gasteiger partial charge in [0, 0.05) is 59.9 Å². The Kier molecular flexibility index (Phi) is 7.71. The molecule has 7 atom stereocenters. The second-order valence-corrected chi connectivity index (χ2v) is 21.4. The topological polar surface area (TPSA) is 37.5 Å². The molecule has 1 aliphatic heterocycles. The van der Waals surface area contributed by atoms with Crippen LogP contribution in [0.3, 0.4) is 0 Å². The molecule has 0 spiro atoms. The Bertz CT molecular complexity index is 3840. The van der Waals surface area contributed by atoms with Crippen LogP contribution in [0.2, 0.25) is 0 Å². The summed E-state index contributed by atoms with van der Waals surface area (Å²) in [4.78, 5) is 6.13. The van der Waals surface area contributed by atoms with Gasteiger partial charge in [-0.2, -0.15) is 0 Å². The van der Waals surface area contributed by atoms with Gasteiger partial charge < -0.3 is 4.42 Å². The molecule has 10 aromatic rings. The number of thiophene rings is 1. The summed E-state index contributed by atoms with van der Waals surface area (Å²) in [7, 11) is 0. The lowest BCUT2D eigenvalue weighted by Gasteiger charge is -2.39. The van der Waals surface area contributed by atoms with Crippen LogP contribution in [-0.4, -0.2) is 5.71 Å². The first kappa shape index (κ1) is 37.3. The van der Waals surface area contributed by atoms with Crippen LogP contribution in [0.5, 0.6) is 0 Å². The molecule has 8 aromatic carbocycles. The molecule has 67 heavy (non-hydrogen) atoms. The third kappa shape index (κ3) is 5.34. The second kappa shape index (κ2) is 13.9. The van der Waals surface area contributed by atoms with Crippen molar-refractivity contribution in [3.05, 3.63) is 225 Å². The van der Waals surface area contributed by atoms with E-state index in [2.05, 4.69) is 175 Å². The fourth-order valence-corrected chi connectivity index (χ4v) is 15.0. The van der Waals surface area contributed by atoms with Crippen molar-refractivity contribution in [1.82, 2.24) is 5.32 Å². The van der Waals surface area contributed by atoms with Crippen LogP contribution in [0.15, 0.2) is 173 Å². The van der Waals surface area contributed by atoms with Crippen molar-refractivity contribution in [3.63, 3.8) is 0 Å². The molecule has 6 unspecified atom stereocenters. The molecule has 0 amide bonds. The lowest BCUT2D eigenvalue weighted by Crippen LogP contribution is -2.42. The zero-order chi connectivity index (χ0) is 43.5. The molecule has 1 N–H and O–H groups in total. The second-order valence-electron chi connectivity index (χ2n) is 20.3. The zero-order valence-electron chi connectivity index (χ0n) is 37.0. The van der Waals surface area contributed by atoms with Crippen LogP contribution in [0.4, 0.5) is 0 Å². The van der Waals surface area contributed by atoms with E-state index in [1.54, 1.807) is 0 Å². The lowest BCUT2D eigenvalue weighted by molar-refractivity contribution is 0.360. The van der Waals surface area contributed by atoms with Crippen molar-refractivity contribution in [2.24, 2.45) is 16.8 Å². The van der Waals surface area contributed by atoms with Crippen LogP contribution >= 0.6 is 11.3 Å². The average molecular weight is 879 g/mol. The van der Waals surface area contributed by atoms with Crippen molar-refractivity contribution in [3.8, 4) is 11.1 Å². The van der Waals surface area contributed by atoms with Gasteiger partial charge in [0.05, 0.1) is 5.71 Å². The number of furan rings is 1. The number of nitrogens with one attached hydrogen (secondary N) is 1. The van der Waals surface area contributed by atoms with Gasteiger partial charge in [-0.05, 0) is 135 Å². The molecule has 5 aliphatic carbocycles. The molecule has 2 bridgehead atoms. The summed E-state index contributed by atoms with van der Waals surface area (Å²) < 4.78 is 9.90. The number of nitrogens with zero attached hydrogens (tertiary/aromatic N) is 1. The molecule has 3 nitrogen and oxygen atoms in total. The van der Waals surface area contributed by atoms with E-state index in [4.69, 9.17) is 9.41 Å². The number of aliphatic imine (C=N–C) groups is 1. The molecule has 6 aliphatic rings. The maximum absolute atomic E-state index is 7.27. The fraction of sp³-hybridized carbons (Fsp3) is 0.190. The van der Waals surface area contributed by atoms with E-state index < -0.39 is 0 Å². The van der Waals surface area contributed by atoms with Crippen molar-refractivity contribution in [2.75, 3.05) is 0 Å². The van der Waals surface area contributed by atoms with Crippen LogP contribution < -0.4 is 5.32 Å². The maximum Gasteiger partial charge on any atom is 0.140 e. The number of hydrogen-bond acceptors (Lipinski definition) is 4. The predicted molar refractivity (Wildman–Crippen MR) is 276 cm³/mol. The van der Waals surface area contributed by atoms with Gasteiger partial charge in [0.1, 0.15) is 17.3 Å². The Balaban J connectivity index is 0.989. The summed E-state index contributed by atoms with van der Waals surface area (Å²) in [6.45, 7) is 0. The summed E-state index contributed by atoms with van der Waals surface area (Å²) in [5.41, 5.74) is 22.8. The number of benzene rings is 8. The van der Waals surface area contributed by atoms with Gasteiger partial charge >= 0.3 is 0 Å². The minimum absolute atomic E-state index is 0.00613. The monoisotopic (exact) mass is 878 g/mol. The van der Waals surface area contributed by atoms with Gasteiger partial charge in [-0.3, -0.25) is 10.3 Å². The predicted octanol–water partition coefficient (Wildman–Crippen LogP) is 15.8. The Morgan fingerprint density at radius 3 is 2.34 bits per heavy atom. The minimum Gasteiger partial charge on any atom is -0.456 e. The molecule has 0 radical (unpaired) electrons. The Morgan fingerprint density at radius 1 is 0.567 bits per heavy atom. The molecular formula is C63H46N2OS. The first-order valence-corrected chi connectivity index (χ1v) is 25.3. The SMILES string of the molecule is C1=C2c3ccc4cc3[C@@H](CCC2Cc2ccccc21)c1ccc2c(oc3ccccc32)c1C1NC(c2cccc3c2-c2ccccc2C2CC32)N=C(c2cccc3sc5ccccc5c23)C1C4. The van der Waals surface area contributed by atoms with Gasteiger partial charge in [0.2, 0.25) is 0 Å². The Morgan fingerprint density at radius 2 is 1.36 bits per heavy atom. The number of rotatable bonds is 2. The molecular weight excluding hydrogens is 833 g/mol. The van der Waals surface area contributed by atoms with Crippen molar-refractivity contribution < 1.29 is 4.42 Å². The summed E-state index contributed by atoms with van der Waals surface area (Å²) in [5.74, 6) is 1.87. The summed E-state index contributed by atoms with van der Waals surface area (Å²) in [6.07, 6.45) is 7.61. The average Bonchev–Trinajstić information content (AvgIpc) is 4.00. The largest absolute Gasteiger partial charge is 0.456 e. The maximum atomic E-state index is 7.27. The van der Waals surface area contributed by atoms with E-state index in [-0.39, 0.29) is 24.0 Å². The summed E-state index contributed by atoms with van der Waals surface area (Å²) in [5, 5.41) is 9.46. The van der Waals surface area contributed by atoms with Crippen LogP contribution in [0.25, 0.3) is 64.9 Å². The molecule has 16 rings (SSSR count). The number of para-hydroxylation sites is 1. The standard InChI is InChI=1S/C63H46N2OS/c1-2-12-36-32-49-37(31-35(36)11-1)24-26-39-44-27-28-45-41-14-5-7-20-54(41)66-62(45)59(44)61-53(30-34-23-25-40(49)50(39)29-34)60(47-18-10-22-56-58(47)46-16-6-8-21-55(46)67-56)64-63(65-61)48-19-9-17-43-52-33-51(52)38-13-3-4-15-42(38)57(43)48/h1-23,25,27-29,32,37,39,51-53,61,63,65H,24,26,30-31,33H2/t37?,39-,51?,52?,53?,61?,63?/m0/s1. The van der Waals surface area contributed by atoms with Gasteiger partial charge in [-0.1, -0.05) is 152 Å². The van der Waals surface area contributed by atoms with E-state index in [0.29, 0.717) is 17.8 Å². The van der Waals surface area contributed by atoms with Crippen molar-refractivity contribution in [1.29, 1.82) is 0 Å². The highest BCUT2D eigenvalue weighted by Crippen LogP contribution is 2.63. The van der Waals surface area contributed by atoms with Crippen LogP contribution in [0.1, 0.15) is 110 Å². The molecule has 1 saturated carbocycles. The molecule has 2 aromatic heterocycles. The molecule has 0 saturated heterocycles. The van der Waals surface area contributed by atoms with Gasteiger partial charge in [0.15, 0.2) is 0 Å². The van der Waals surface area contributed by atoms with E-state index >= 15 is 0 Å². The normalized spacial score (nSPS) is 24.1. The first-order chi connectivity index (χ1) is 33.2. The van der Waals surface area contributed by atoms with Crippen molar-refractivity contribution in [2.45, 2.75) is 62.1 Å². The smallest absolute Gasteiger partial charge is 0.140 e. The summed E-state index contributed by atoms with van der Waals surface area (Å²) >= 11 is 1.90. The number of allylic oxidation sites excluding steroid dienone is 1. The third-order valence-corrected chi connectivity index (χ3v) is 18.1. The van der Waals surface area contributed by atoms with E-state index in [0.717, 1.165) is 36.8 Å². The quantitative estimate of drug-likeness (QED) is 0.188. The van der Waals surface area contributed by atoms with E-state index in [9.17, 15) is 0 Å². The number of hydrogen-bond donors (Lipinski definition) is 1.